The lowest BCUT2D eigenvalue weighted by atomic mass is 10.1. The van der Waals surface area contributed by atoms with Crippen molar-refractivity contribution in [2.75, 3.05) is 4.90 Å². The van der Waals surface area contributed by atoms with Crippen LogP contribution >= 0.6 is 12.2 Å². The number of thiocarbonyl (C=S) groups is 1. The summed E-state index contributed by atoms with van der Waals surface area (Å²) in [5.74, 6) is -1.86. The van der Waals surface area contributed by atoms with E-state index < -0.39 is 17.6 Å². The minimum Gasteiger partial charge on any atom is -0.351 e. The number of halogens is 1. The molecule has 0 radical (unpaired) electrons. The fourth-order valence-corrected chi connectivity index (χ4v) is 2.56. The zero-order chi connectivity index (χ0) is 16.6. The van der Waals surface area contributed by atoms with E-state index in [4.69, 9.17) is 12.2 Å². The van der Waals surface area contributed by atoms with Crippen molar-refractivity contribution in [1.29, 1.82) is 0 Å². The number of benzene rings is 1. The van der Waals surface area contributed by atoms with Crippen molar-refractivity contribution >= 4 is 40.9 Å². The number of carbonyl (C=O) groups excluding carboxylic acids is 2. The van der Waals surface area contributed by atoms with Crippen LogP contribution in [-0.4, -0.2) is 21.5 Å². The summed E-state index contributed by atoms with van der Waals surface area (Å²) in [6, 6.07) is 9.30. The minimum atomic E-state index is -0.662. The topological polar surface area (TPSA) is 54.3 Å². The van der Waals surface area contributed by atoms with Gasteiger partial charge in [-0.05, 0) is 42.6 Å². The molecule has 1 aromatic heterocycles. The number of nitrogens with one attached hydrogen (secondary N) is 1. The van der Waals surface area contributed by atoms with Gasteiger partial charge in [-0.15, -0.1) is 0 Å². The molecule has 0 bridgehead atoms. The molecule has 1 aliphatic heterocycles. The summed E-state index contributed by atoms with van der Waals surface area (Å²) in [5, 5.41) is 2.28. The van der Waals surface area contributed by atoms with Crippen LogP contribution in [0.5, 0.6) is 0 Å². The predicted molar refractivity (Wildman–Crippen MR) is 88.0 cm³/mol. The highest BCUT2D eigenvalue weighted by Crippen LogP contribution is 2.24. The van der Waals surface area contributed by atoms with Crippen LogP contribution in [0.2, 0.25) is 0 Å². The summed E-state index contributed by atoms with van der Waals surface area (Å²) in [7, 11) is 1.79. The summed E-state index contributed by atoms with van der Waals surface area (Å²) >= 11 is 5.02. The van der Waals surface area contributed by atoms with Crippen LogP contribution in [0.3, 0.4) is 0 Å². The van der Waals surface area contributed by atoms with Crippen LogP contribution in [-0.2, 0) is 16.6 Å². The molecule has 1 aliphatic rings. The smallest absolute Gasteiger partial charge is 0.270 e. The van der Waals surface area contributed by atoms with E-state index >= 15 is 0 Å². The molecule has 1 N–H and O–H groups in total. The van der Waals surface area contributed by atoms with Crippen LogP contribution in [0.15, 0.2) is 48.2 Å². The Morgan fingerprint density at radius 2 is 1.91 bits per heavy atom. The van der Waals surface area contributed by atoms with Crippen LogP contribution in [0.1, 0.15) is 5.69 Å². The third-order valence-electron chi connectivity index (χ3n) is 3.47. The maximum atomic E-state index is 14.0. The number of aryl methyl sites for hydroxylation is 1. The number of carbonyl (C=O) groups is 2. The largest absolute Gasteiger partial charge is 0.351 e. The third kappa shape index (κ3) is 2.66. The molecule has 0 spiro atoms. The van der Waals surface area contributed by atoms with E-state index in [1.807, 2.05) is 0 Å². The van der Waals surface area contributed by atoms with E-state index in [2.05, 4.69) is 5.32 Å². The lowest BCUT2D eigenvalue weighted by Crippen LogP contribution is -2.54. The van der Waals surface area contributed by atoms with Gasteiger partial charge in [0.25, 0.3) is 11.8 Å². The number of rotatable bonds is 2. The van der Waals surface area contributed by atoms with E-state index in [0.717, 1.165) is 4.90 Å². The Bertz CT molecular complexity index is 857. The van der Waals surface area contributed by atoms with Gasteiger partial charge in [-0.3, -0.25) is 14.9 Å². The second-order valence-electron chi connectivity index (χ2n) is 4.95. The number of anilines is 1. The average molecular weight is 329 g/mol. The lowest BCUT2D eigenvalue weighted by Gasteiger charge is -2.29. The highest BCUT2D eigenvalue weighted by molar-refractivity contribution is 7.80. The molecule has 116 valence electrons. The average Bonchev–Trinajstić information content (AvgIpc) is 2.90. The van der Waals surface area contributed by atoms with Gasteiger partial charge in [0.15, 0.2) is 5.11 Å². The number of aromatic nitrogens is 1. The quantitative estimate of drug-likeness (QED) is 0.521. The maximum absolute atomic E-state index is 14.0. The number of hydrogen-bond donors (Lipinski definition) is 1. The maximum Gasteiger partial charge on any atom is 0.270 e. The first-order valence-corrected chi connectivity index (χ1v) is 7.17. The Kier molecular flexibility index (Phi) is 3.79. The zero-order valence-corrected chi connectivity index (χ0v) is 12.9. The molecule has 1 fully saturated rings. The summed E-state index contributed by atoms with van der Waals surface area (Å²) in [6.07, 6.45) is 3.24. The molecule has 7 heteroatoms. The van der Waals surface area contributed by atoms with Crippen molar-refractivity contribution in [3.05, 3.63) is 59.7 Å². The highest BCUT2D eigenvalue weighted by Gasteiger charge is 2.35. The first-order valence-electron chi connectivity index (χ1n) is 6.76. The van der Waals surface area contributed by atoms with Crippen molar-refractivity contribution in [3.63, 3.8) is 0 Å². The van der Waals surface area contributed by atoms with Gasteiger partial charge in [-0.25, -0.2) is 9.29 Å². The van der Waals surface area contributed by atoms with Gasteiger partial charge in [-0.1, -0.05) is 12.1 Å². The fourth-order valence-electron chi connectivity index (χ4n) is 2.28. The van der Waals surface area contributed by atoms with E-state index in [1.54, 1.807) is 36.0 Å². The summed E-state index contributed by atoms with van der Waals surface area (Å²) < 4.78 is 15.8. The molecule has 1 saturated heterocycles. The molecule has 0 atom stereocenters. The highest BCUT2D eigenvalue weighted by atomic mass is 32.1. The SMILES string of the molecule is Cn1cccc1/C=C1/C(=O)NC(=S)N(c2ccccc2F)C1=O. The Morgan fingerprint density at radius 3 is 2.57 bits per heavy atom. The molecule has 0 saturated carbocycles. The lowest BCUT2D eigenvalue weighted by molar-refractivity contribution is -0.122. The molecule has 0 unspecified atom stereocenters. The van der Waals surface area contributed by atoms with Crippen molar-refractivity contribution in [1.82, 2.24) is 9.88 Å². The van der Waals surface area contributed by atoms with Crippen molar-refractivity contribution in [3.8, 4) is 0 Å². The van der Waals surface area contributed by atoms with E-state index in [1.165, 1.54) is 24.3 Å². The molecule has 2 amide bonds. The monoisotopic (exact) mass is 329 g/mol. The van der Waals surface area contributed by atoms with Gasteiger partial charge < -0.3 is 4.57 Å². The van der Waals surface area contributed by atoms with E-state index in [0.29, 0.717) is 5.69 Å². The Labute approximate surface area is 137 Å². The van der Waals surface area contributed by atoms with Gasteiger partial charge >= 0.3 is 0 Å². The molecule has 2 aromatic rings. The zero-order valence-electron chi connectivity index (χ0n) is 12.1. The molecule has 0 aliphatic carbocycles. The molecule has 5 nitrogen and oxygen atoms in total. The van der Waals surface area contributed by atoms with Crippen LogP contribution in [0.25, 0.3) is 6.08 Å². The summed E-state index contributed by atoms with van der Waals surface area (Å²) in [6.45, 7) is 0. The first kappa shape index (κ1) is 15.1. The number of hydrogen-bond acceptors (Lipinski definition) is 3. The van der Waals surface area contributed by atoms with Crippen LogP contribution in [0, 0.1) is 5.82 Å². The molecule has 2 heterocycles. The standard InChI is InChI=1S/C16H12FN3O2S/c1-19-8-4-5-10(19)9-11-14(21)18-16(23)20(15(11)22)13-7-3-2-6-12(13)17/h2-9H,1H3,(H,18,21,23)/b11-9-. The van der Waals surface area contributed by atoms with Crippen molar-refractivity contribution in [2.24, 2.45) is 7.05 Å². The number of nitrogens with zero attached hydrogens (tertiary/aromatic N) is 2. The fraction of sp³-hybridized carbons (Fsp3) is 0.0625. The second-order valence-corrected chi connectivity index (χ2v) is 5.34. The van der Waals surface area contributed by atoms with Crippen molar-refractivity contribution in [2.45, 2.75) is 0 Å². The van der Waals surface area contributed by atoms with Gasteiger partial charge in [0.2, 0.25) is 0 Å². The second kappa shape index (κ2) is 5.77. The van der Waals surface area contributed by atoms with Gasteiger partial charge in [0.05, 0.1) is 5.69 Å². The first-order chi connectivity index (χ1) is 11.0. The molecule has 1 aromatic carbocycles. The van der Waals surface area contributed by atoms with E-state index in [9.17, 15) is 14.0 Å². The third-order valence-corrected chi connectivity index (χ3v) is 3.76. The molecule has 3 rings (SSSR count). The molecular formula is C16H12FN3O2S. The summed E-state index contributed by atoms with van der Waals surface area (Å²) in [5.41, 5.74) is 0.564. The van der Waals surface area contributed by atoms with E-state index in [-0.39, 0.29) is 16.4 Å². The van der Waals surface area contributed by atoms with Gasteiger partial charge in [0.1, 0.15) is 11.4 Å². The number of amides is 2. The molecule has 23 heavy (non-hydrogen) atoms. The van der Waals surface area contributed by atoms with Gasteiger partial charge in [0, 0.05) is 18.9 Å². The van der Waals surface area contributed by atoms with Crippen LogP contribution in [0.4, 0.5) is 10.1 Å². The van der Waals surface area contributed by atoms with Gasteiger partial charge in [-0.2, -0.15) is 0 Å². The Balaban J connectivity index is 2.07. The predicted octanol–water partition coefficient (Wildman–Crippen LogP) is 2.00. The van der Waals surface area contributed by atoms with Crippen molar-refractivity contribution < 1.29 is 14.0 Å². The van der Waals surface area contributed by atoms with Crippen LogP contribution < -0.4 is 10.2 Å². The normalized spacial score (nSPS) is 16.9. The summed E-state index contributed by atoms with van der Waals surface area (Å²) in [4.78, 5) is 25.8. The Morgan fingerprint density at radius 1 is 1.17 bits per heavy atom. The number of para-hydroxylation sites is 1. The molecular weight excluding hydrogens is 317 g/mol. The Hall–Kier alpha value is -2.80. The minimum absolute atomic E-state index is 0.000260.